The van der Waals surface area contributed by atoms with Gasteiger partial charge in [-0.2, -0.15) is 0 Å². The van der Waals surface area contributed by atoms with Crippen LogP contribution in [-0.4, -0.2) is 27.0 Å². The Bertz CT molecular complexity index is 488. The molecule has 6 heteroatoms. The van der Waals surface area contributed by atoms with Crippen LogP contribution in [0, 0.1) is 5.92 Å². The van der Waals surface area contributed by atoms with Crippen LogP contribution in [0.2, 0.25) is 0 Å². The van der Waals surface area contributed by atoms with Crippen molar-refractivity contribution in [2.75, 3.05) is 6.54 Å². The van der Waals surface area contributed by atoms with E-state index in [9.17, 15) is 4.79 Å². The number of carbonyl (C=O) groups excluding carboxylic acids is 1. The normalized spacial score (nSPS) is 11.2. The number of hydrogen-bond donors (Lipinski definition) is 1. The van der Waals surface area contributed by atoms with Crippen molar-refractivity contribution in [2.45, 2.75) is 20.3 Å². The third kappa shape index (κ3) is 2.21. The Labute approximate surface area is 97.5 Å². The van der Waals surface area contributed by atoms with Gasteiger partial charge in [-0.25, -0.2) is 0 Å². The van der Waals surface area contributed by atoms with Crippen molar-refractivity contribution < 1.29 is 4.79 Å². The lowest BCUT2D eigenvalue weighted by Gasteiger charge is -2.06. The molecule has 0 aliphatic rings. The van der Waals surface area contributed by atoms with E-state index in [1.54, 1.807) is 17.7 Å². The average Bonchev–Trinajstić information content (AvgIpc) is 2.81. The maximum atomic E-state index is 11.3. The molecule has 0 radical (unpaired) electrons. The third-order valence-electron chi connectivity index (χ3n) is 2.33. The lowest BCUT2D eigenvalue weighted by Crippen LogP contribution is -2.29. The Morgan fingerprint density at radius 3 is 3.19 bits per heavy atom. The third-order valence-corrected chi connectivity index (χ3v) is 3.21. The lowest BCUT2D eigenvalue weighted by molar-refractivity contribution is -0.123. The Morgan fingerprint density at radius 1 is 1.62 bits per heavy atom. The second-order valence-electron chi connectivity index (χ2n) is 3.91. The lowest BCUT2D eigenvalue weighted by atomic mass is 10.2. The molecule has 0 fully saturated rings. The first-order valence-electron chi connectivity index (χ1n) is 5.22. The number of carbonyl (C=O) groups is 1. The number of thiazole rings is 1. The van der Waals surface area contributed by atoms with Gasteiger partial charge in [0.15, 0.2) is 0 Å². The highest BCUT2D eigenvalue weighted by Gasteiger charge is 2.07. The summed E-state index contributed by atoms with van der Waals surface area (Å²) >= 11 is 1.56. The van der Waals surface area contributed by atoms with Gasteiger partial charge in [0.05, 0.1) is 0 Å². The van der Waals surface area contributed by atoms with Gasteiger partial charge in [-0.15, -0.1) is 21.5 Å². The number of aromatic nitrogens is 3. The van der Waals surface area contributed by atoms with Crippen LogP contribution in [0.5, 0.6) is 0 Å². The second-order valence-corrected chi connectivity index (χ2v) is 4.74. The number of fused-ring (bicyclic) bond motifs is 1. The molecular formula is C10H14N4OS. The summed E-state index contributed by atoms with van der Waals surface area (Å²) in [6.45, 7) is 4.43. The molecule has 0 bridgehead atoms. The second kappa shape index (κ2) is 4.61. The Kier molecular flexibility index (Phi) is 3.19. The van der Waals surface area contributed by atoms with E-state index in [-0.39, 0.29) is 11.8 Å². The molecule has 1 amide bonds. The maximum absolute atomic E-state index is 11.3. The number of nitrogens with zero attached hydrogens (tertiary/aromatic N) is 3. The minimum absolute atomic E-state index is 0.0393. The first kappa shape index (κ1) is 11.1. The van der Waals surface area contributed by atoms with Gasteiger partial charge >= 0.3 is 0 Å². The van der Waals surface area contributed by atoms with E-state index in [4.69, 9.17) is 0 Å². The summed E-state index contributed by atoms with van der Waals surface area (Å²) in [5, 5.41) is 12.7. The van der Waals surface area contributed by atoms with E-state index < -0.39 is 0 Å². The molecule has 0 aromatic carbocycles. The predicted octanol–water partition coefficient (Wildman–Crippen LogP) is 1.11. The van der Waals surface area contributed by atoms with Crippen molar-refractivity contribution in [2.24, 2.45) is 5.92 Å². The zero-order valence-electron chi connectivity index (χ0n) is 9.30. The monoisotopic (exact) mass is 238 g/mol. The van der Waals surface area contributed by atoms with Crippen molar-refractivity contribution in [1.82, 2.24) is 19.9 Å². The van der Waals surface area contributed by atoms with Crippen molar-refractivity contribution >= 4 is 22.2 Å². The molecular weight excluding hydrogens is 224 g/mol. The van der Waals surface area contributed by atoms with Crippen LogP contribution in [0.25, 0.3) is 4.96 Å². The molecule has 0 aliphatic carbocycles. The average molecular weight is 238 g/mol. The molecule has 0 spiro atoms. The maximum Gasteiger partial charge on any atom is 0.222 e. The first-order chi connectivity index (χ1) is 7.68. The Balaban J connectivity index is 1.91. The van der Waals surface area contributed by atoms with E-state index in [0.717, 1.165) is 17.1 Å². The molecule has 0 saturated carbocycles. The minimum Gasteiger partial charge on any atom is -0.355 e. The molecule has 0 aliphatic heterocycles. The molecule has 2 heterocycles. The van der Waals surface area contributed by atoms with Gasteiger partial charge in [0.1, 0.15) is 6.33 Å². The molecule has 2 aromatic rings. The van der Waals surface area contributed by atoms with Gasteiger partial charge in [-0.1, -0.05) is 13.8 Å². The highest BCUT2D eigenvalue weighted by Crippen LogP contribution is 2.13. The number of rotatable bonds is 4. The fourth-order valence-electron chi connectivity index (χ4n) is 1.38. The standard InChI is InChI=1S/C10H14N4OS/c1-7(2)9(15)11-4-3-8-5-16-10-13-12-6-14(8)10/h5-7H,3-4H2,1-2H3,(H,11,15). The van der Waals surface area contributed by atoms with Crippen molar-refractivity contribution in [1.29, 1.82) is 0 Å². The highest BCUT2D eigenvalue weighted by molar-refractivity contribution is 7.15. The van der Waals surface area contributed by atoms with Crippen LogP contribution >= 0.6 is 11.3 Å². The van der Waals surface area contributed by atoms with Crippen LogP contribution in [-0.2, 0) is 11.2 Å². The van der Waals surface area contributed by atoms with E-state index in [2.05, 4.69) is 15.5 Å². The van der Waals surface area contributed by atoms with Crippen molar-refractivity contribution in [3.8, 4) is 0 Å². The van der Waals surface area contributed by atoms with Crippen LogP contribution in [0.15, 0.2) is 11.7 Å². The van der Waals surface area contributed by atoms with Gasteiger partial charge < -0.3 is 5.32 Å². The molecule has 16 heavy (non-hydrogen) atoms. The summed E-state index contributed by atoms with van der Waals surface area (Å²) in [4.78, 5) is 12.2. The van der Waals surface area contributed by atoms with Gasteiger partial charge in [0.2, 0.25) is 10.9 Å². The summed E-state index contributed by atoms with van der Waals surface area (Å²) < 4.78 is 1.95. The van der Waals surface area contributed by atoms with Gasteiger partial charge in [-0.3, -0.25) is 9.20 Å². The molecule has 0 unspecified atom stereocenters. The molecule has 86 valence electrons. The zero-order chi connectivity index (χ0) is 11.5. The first-order valence-corrected chi connectivity index (χ1v) is 6.10. The SMILES string of the molecule is CC(C)C(=O)NCCc1csc2nncn12. The van der Waals surface area contributed by atoms with Gasteiger partial charge in [0, 0.05) is 30.0 Å². The Hall–Kier alpha value is -1.43. The fraction of sp³-hybridized carbons (Fsp3) is 0.500. The summed E-state index contributed by atoms with van der Waals surface area (Å²) in [5.41, 5.74) is 1.13. The van der Waals surface area contributed by atoms with Gasteiger partial charge in [-0.05, 0) is 0 Å². The van der Waals surface area contributed by atoms with E-state index in [0.29, 0.717) is 6.54 Å². The summed E-state index contributed by atoms with van der Waals surface area (Å²) in [7, 11) is 0. The van der Waals surface area contributed by atoms with Crippen LogP contribution < -0.4 is 5.32 Å². The molecule has 2 aromatic heterocycles. The van der Waals surface area contributed by atoms with Crippen LogP contribution in [0.3, 0.4) is 0 Å². The number of amides is 1. The van der Waals surface area contributed by atoms with E-state index >= 15 is 0 Å². The quantitative estimate of drug-likeness (QED) is 0.868. The molecule has 0 atom stereocenters. The molecule has 5 nitrogen and oxygen atoms in total. The minimum atomic E-state index is 0.0393. The Morgan fingerprint density at radius 2 is 2.44 bits per heavy atom. The van der Waals surface area contributed by atoms with Crippen LogP contribution in [0.1, 0.15) is 19.5 Å². The topological polar surface area (TPSA) is 59.3 Å². The molecule has 0 saturated heterocycles. The molecule has 2 rings (SSSR count). The van der Waals surface area contributed by atoms with E-state index in [1.165, 1.54) is 0 Å². The summed E-state index contributed by atoms with van der Waals surface area (Å²) in [6.07, 6.45) is 2.50. The van der Waals surface area contributed by atoms with E-state index in [1.807, 2.05) is 23.6 Å². The smallest absolute Gasteiger partial charge is 0.222 e. The zero-order valence-corrected chi connectivity index (χ0v) is 10.1. The van der Waals surface area contributed by atoms with Crippen molar-refractivity contribution in [3.05, 3.63) is 17.4 Å². The highest BCUT2D eigenvalue weighted by atomic mass is 32.1. The fourth-order valence-corrected chi connectivity index (χ4v) is 2.22. The summed E-state index contributed by atoms with van der Waals surface area (Å²) in [6, 6.07) is 0. The number of hydrogen-bond acceptors (Lipinski definition) is 4. The molecule has 1 N–H and O–H groups in total. The summed E-state index contributed by atoms with van der Waals surface area (Å²) in [5.74, 6) is 0.132. The number of nitrogens with one attached hydrogen (secondary N) is 1. The largest absolute Gasteiger partial charge is 0.355 e. The predicted molar refractivity (Wildman–Crippen MR) is 62.4 cm³/mol. The van der Waals surface area contributed by atoms with Crippen molar-refractivity contribution in [3.63, 3.8) is 0 Å². The van der Waals surface area contributed by atoms with Gasteiger partial charge in [0.25, 0.3) is 0 Å². The van der Waals surface area contributed by atoms with Crippen LogP contribution in [0.4, 0.5) is 0 Å².